The van der Waals surface area contributed by atoms with Gasteiger partial charge >= 0.3 is 5.97 Å². The fourth-order valence-corrected chi connectivity index (χ4v) is 4.20. The SMILES string of the molecule is CCn1c2ccccc2c2c(C=Cc3ccccc3)cc(OC(=O)c3ccccc3)cc21. The molecule has 0 bridgehead atoms. The molecule has 1 heterocycles. The molecule has 0 N–H and O–H groups in total. The van der Waals surface area contributed by atoms with Crippen molar-refractivity contribution in [2.24, 2.45) is 0 Å². The summed E-state index contributed by atoms with van der Waals surface area (Å²) >= 11 is 0. The van der Waals surface area contributed by atoms with E-state index < -0.39 is 0 Å². The number of rotatable bonds is 5. The smallest absolute Gasteiger partial charge is 0.343 e. The van der Waals surface area contributed by atoms with Gasteiger partial charge in [-0.2, -0.15) is 0 Å². The van der Waals surface area contributed by atoms with Crippen molar-refractivity contribution < 1.29 is 9.53 Å². The molecule has 0 amide bonds. The molecule has 0 fully saturated rings. The summed E-state index contributed by atoms with van der Waals surface area (Å²) in [5.74, 6) is 0.179. The molecular formula is C29H23NO2. The molecule has 0 aliphatic heterocycles. The summed E-state index contributed by atoms with van der Waals surface area (Å²) < 4.78 is 8.08. The van der Waals surface area contributed by atoms with E-state index in [0.717, 1.165) is 28.6 Å². The number of esters is 1. The largest absolute Gasteiger partial charge is 0.423 e. The van der Waals surface area contributed by atoms with Gasteiger partial charge < -0.3 is 9.30 Å². The fourth-order valence-electron chi connectivity index (χ4n) is 4.20. The molecule has 1 aromatic heterocycles. The molecule has 5 aromatic rings. The van der Waals surface area contributed by atoms with E-state index in [0.29, 0.717) is 11.3 Å². The van der Waals surface area contributed by atoms with Gasteiger partial charge in [-0.25, -0.2) is 4.79 Å². The highest BCUT2D eigenvalue weighted by atomic mass is 16.5. The third kappa shape index (κ3) is 3.69. The van der Waals surface area contributed by atoms with Crippen LogP contribution in [0.1, 0.15) is 28.4 Å². The van der Waals surface area contributed by atoms with E-state index >= 15 is 0 Å². The summed E-state index contributed by atoms with van der Waals surface area (Å²) in [6, 6.07) is 31.6. The Kier molecular flexibility index (Phi) is 5.30. The number of ether oxygens (including phenoxy) is 1. The van der Waals surface area contributed by atoms with Gasteiger partial charge in [-0.05, 0) is 42.3 Å². The zero-order valence-corrected chi connectivity index (χ0v) is 17.9. The van der Waals surface area contributed by atoms with Crippen molar-refractivity contribution in [3.8, 4) is 5.75 Å². The maximum Gasteiger partial charge on any atom is 0.343 e. The summed E-state index contributed by atoms with van der Waals surface area (Å²) in [4.78, 5) is 12.7. The lowest BCUT2D eigenvalue weighted by molar-refractivity contribution is 0.0735. The monoisotopic (exact) mass is 417 g/mol. The Morgan fingerprint density at radius 2 is 1.50 bits per heavy atom. The van der Waals surface area contributed by atoms with Crippen LogP contribution in [0, 0.1) is 0 Å². The van der Waals surface area contributed by atoms with E-state index in [1.54, 1.807) is 12.1 Å². The van der Waals surface area contributed by atoms with Crippen LogP contribution < -0.4 is 4.74 Å². The minimum Gasteiger partial charge on any atom is -0.423 e. The number of aromatic nitrogens is 1. The fraction of sp³-hybridized carbons (Fsp3) is 0.0690. The molecule has 0 unspecified atom stereocenters. The number of benzene rings is 4. The van der Waals surface area contributed by atoms with E-state index in [1.807, 2.05) is 48.5 Å². The van der Waals surface area contributed by atoms with Crippen LogP contribution in [0.15, 0.2) is 97.1 Å². The molecular weight excluding hydrogens is 394 g/mol. The molecule has 0 spiro atoms. The Morgan fingerprint density at radius 3 is 2.25 bits per heavy atom. The van der Waals surface area contributed by atoms with E-state index in [2.05, 4.69) is 60.0 Å². The molecule has 0 saturated heterocycles. The van der Waals surface area contributed by atoms with Crippen LogP contribution in [0.2, 0.25) is 0 Å². The number of carbonyl (C=O) groups excluding carboxylic acids is 1. The lowest BCUT2D eigenvalue weighted by Crippen LogP contribution is -2.08. The second-order valence-electron chi connectivity index (χ2n) is 7.67. The number of para-hydroxylation sites is 1. The Morgan fingerprint density at radius 1 is 0.812 bits per heavy atom. The predicted molar refractivity (Wildman–Crippen MR) is 132 cm³/mol. The third-order valence-electron chi connectivity index (χ3n) is 5.67. The molecule has 3 heteroatoms. The van der Waals surface area contributed by atoms with Crippen LogP contribution in [0.4, 0.5) is 0 Å². The summed E-state index contributed by atoms with van der Waals surface area (Å²) in [6.45, 7) is 2.95. The number of aryl methyl sites for hydroxylation is 1. The van der Waals surface area contributed by atoms with Crippen LogP contribution in [0.5, 0.6) is 5.75 Å². The molecule has 156 valence electrons. The van der Waals surface area contributed by atoms with E-state index in [9.17, 15) is 4.79 Å². The molecule has 0 saturated carbocycles. The summed E-state index contributed by atoms with van der Waals surface area (Å²) in [7, 11) is 0. The first kappa shape index (κ1) is 19.8. The van der Waals surface area contributed by atoms with E-state index in [4.69, 9.17) is 4.74 Å². The van der Waals surface area contributed by atoms with E-state index in [-0.39, 0.29) is 5.97 Å². The van der Waals surface area contributed by atoms with Gasteiger partial charge in [0.1, 0.15) is 5.75 Å². The summed E-state index contributed by atoms with van der Waals surface area (Å²) in [5.41, 5.74) is 4.90. The Labute approximate surface area is 187 Å². The number of hydrogen-bond acceptors (Lipinski definition) is 2. The Balaban J connectivity index is 1.68. The third-order valence-corrected chi connectivity index (χ3v) is 5.67. The highest BCUT2D eigenvalue weighted by molar-refractivity contribution is 6.13. The first-order valence-electron chi connectivity index (χ1n) is 10.8. The van der Waals surface area contributed by atoms with Crippen molar-refractivity contribution in [2.75, 3.05) is 0 Å². The van der Waals surface area contributed by atoms with Crippen molar-refractivity contribution in [2.45, 2.75) is 13.5 Å². The number of carbonyl (C=O) groups is 1. The maximum atomic E-state index is 12.7. The lowest BCUT2D eigenvalue weighted by Gasteiger charge is -2.09. The van der Waals surface area contributed by atoms with Crippen LogP contribution in [-0.2, 0) is 6.54 Å². The topological polar surface area (TPSA) is 31.2 Å². The zero-order valence-electron chi connectivity index (χ0n) is 17.9. The summed E-state index contributed by atoms with van der Waals surface area (Å²) in [5, 5.41) is 2.35. The van der Waals surface area contributed by atoms with Crippen LogP contribution in [-0.4, -0.2) is 10.5 Å². The number of hydrogen-bond donors (Lipinski definition) is 0. The highest BCUT2D eigenvalue weighted by Gasteiger charge is 2.16. The lowest BCUT2D eigenvalue weighted by atomic mass is 10.0. The van der Waals surface area contributed by atoms with Gasteiger partial charge in [0.15, 0.2) is 0 Å². The Hall–Kier alpha value is -4.11. The van der Waals surface area contributed by atoms with Crippen molar-refractivity contribution >= 4 is 39.9 Å². The molecule has 3 nitrogen and oxygen atoms in total. The van der Waals surface area contributed by atoms with Gasteiger partial charge in [0, 0.05) is 28.9 Å². The summed E-state index contributed by atoms with van der Waals surface area (Å²) in [6.07, 6.45) is 4.19. The molecule has 0 radical (unpaired) electrons. The number of nitrogens with zero attached hydrogens (tertiary/aromatic N) is 1. The second kappa shape index (κ2) is 8.56. The van der Waals surface area contributed by atoms with Gasteiger partial charge in [0.05, 0.1) is 11.1 Å². The standard InChI is InChI=1S/C29H23NO2/c1-2-30-26-16-10-9-15-25(26)28-23(18-17-21-11-5-3-6-12-21)19-24(20-27(28)30)32-29(31)22-13-7-4-8-14-22/h3-20H,2H2,1H3. The molecule has 32 heavy (non-hydrogen) atoms. The van der Waals surface area contributed by atoms with E-state index in [1.165, 1.54) is 10.9 Å². The van der Waals surface area contributed by atoms with Gasteiger partial charge in [0.25, 0.3) is 0 Å². The van der Waals surface area contributed by atoms with Crippen molar-refractivity contribution in [3.05, 3.63) is 114 Å². The highest BCUT2D eigenvalue weighted by Crippen LogP contribution is 2.36. The van der Waals surface area contributed by atoms with Crippen LogP contribution in [0.3, 0.4) is 0 Å². The van der Waals surface area contributed by atoms with Crippen molar-refractivity contribution in [1.29, 1.82) is 0 Å². The normalized spacial score (nSPS) is 11.4. The maximum absolute atomic E-state index is 12.7. The van der Waals surface area contributed by atoms with Crippen molar-refractivity contribution in [3.63, 3.8) is 0 Å². The Bertz CT molecular complexity index is 1430. The molecule has 4 aromatic carbocycles. The molecule has 0 aliphatic rings. The van der Waals surface area contributed by atoms with Gasteiger partial charge in [-0.1, -0.05) is 78.9 Å². The minimum absolute atomic E-state index is 0.359. The average molecular weight is 418 g/mol. The van der Waals surface area contributed by atoms with Gasteiger partial charge in [-0.3, -0.25) is 0 Å². The molecule has 0 aliphatic carbocycles. The quantitative estimate of drug-likeness (QED) is 0.172. The molecule has 0 atom stereocenters. The first-order chi connectivity index (χ1) is 15.7. The van der Waals surface area contributed by atoms with Crippen LogP contribution >= 0.6 is 0 Å². The van der Waals surface area contributed by atoms with Crippen LogP contribution in [0.25, 0.3) is 34.0 Å². The predicted octanol–water partition coefficient (Wildman–Crippen LogP) is 7.20. The number of fused-ring (bicyclic) bond motifs is 3. The minimum atomic E-state index is -0.359. The van der Waals surface area contributed by atoms with Crippen molar-refractivity contribution in [1.82, 2.24) is 4.57 Å². The second-order valence-corrected chi connectivity index (χ2v) is 7.67. The zero-order chi connectivity index (χ0) is 21.9. The van der Waals surface area contributed by atoms with Gasteiger partial charge in [0.2, 0.25) is 0 Å². The van der Waals surface area contributed by atoms with Gasteiger partial charge in [-0.15, -0.1) is 0 Å². The first-order valence-corrected chi connectivity index (χ1v) is 10.8. The molecule has 5 rings (SSSR count). The average Bonchev–Trinajstić information content (AvgIpc) is 3.17.